The molecular formula is C25H16ClN3. The van der Waals surface area contributed by atoms with Crippen LogP contribution in [0.1, 0.15) is 13.7 Å². The Bertz CT molecular complexity index is 1790. The molecule has 138 valence electrons. The van der Waals surface area contributed by atoms with Gasteiger partial charge in [0.25, 0.3) is 0 Å². The van der Waals surface area contributed by atoms with Crippen LogP contribution in [0.2, 0.25) is 5.28 Å². The number of fused-ring (bicyclic) bond motifs is 1. The molecule has 1 aromatic heterocycles. The topological polar surface area (TPSA) is 38.7 Å². The van der Waals surface area contributed by atoms with Crippen LogP contribution >= 0.6 is 11.6 Å². The number of nitrogens with zero attached hydrogens (tertiary/aromatic N) is 3. The van der Waals surface area contributed by atoms with Crippen LogP contribution in [-0.4, -0.2) is 15.0 Å². The van der Waals surface area contributed by atoms with Crippen molar-refractivity contribution in [3.63, 3.8) is 0 Å². The Morgan fingerprint density at radius 1 is 0.552 bits per heavy atom. The molecule has 4 heteroatoms. The van der Waals surface area contributed by atoms with E-state index in [-0.39, 0.29) is 40.1 Å². The summed E-state index contributed by atoms with van der Waals surface area (Å²) in [7, 11) is 0. The second-order valence-corrected chi connectivity index (χ2v) is 6.37. The molecule has 0 spiro atoms. The summed E-state index contributed by atoms with van der Waals surface area (Å²) in [4.78, 5) is 12.5. The summed E-state index contributed by atoms with van der Waals surface area (Å²) in [5.74, 6) is -0.0955. The molecule has 29 heavy (non-hydrogen) atoms. The van der Waals surface area contributed by atoms with Gasteiger partial charge in [-0.15, -0.1) is 0 Å². The molecule has 0 aliphatic rings. The fourth-order valence-corrected chi connectivity index (χ4v) is 3.05. The minimum Gasteiger partial charge on any atom is -0.208 e. The summed E-state index contributed by atoms with van der Waals surface area (Å²) in [5.41, 5.74) is 0.750. The number of hydrogen-bond donors (Lipinski definition) is 0. The Morgan fingerprint density at radius 3 is 1.79 bits per heavy atom. The lowest BCUT2D eigenvalue weighted by Crippen LogP contribution is -1.97. The van der Waals surface area contributed by atoms with Crippen LogP contribution < -0.4 is 0 Å². The maximum Gasteiger partial charge on any atom is 0.226 e. The zero-order valence-electron chi connectivity index (χ0n) is 24.7. The minimum absolute atomic E-state index is 0.0694. The molecule has 0 aliphatic carbocycles. The first-order chi connectivity index (χ1) is 18.4. The van der Waals surface area contributed by atoms with Crippen LogP contribution in [0, 0.1) is 0 Å². The van der Waals surface area contributed by atoms with Gasteiger partial charge in [-0.3, -0.25) is 0 Å². The smallest absolute Gasteiger partial charge is 0.208 e. The number of halogens is 1. The summed E-state index contributed by atoms with van der Waals surface area (Å²) in [6.07, 6.45) is 0. The third-order valence-electron chi connectivity index (χ3n) is 4.22. The van der Waals surface area contributed by atoms with Crippen LogP contribution in [0.15, 0.2) is 96.8 Å². The second kappa shape index (κ2) is 7.46. The van der Waals surface area contributed by atoms with E-state index in [0.717, 1.165) is 5.39 Å². The van der Waals surface area contributed by atoms with Gasteiger partial charge in [-0.2, -0.15) is 9.97 Å². The lowest BCUT2D eigenvalue weighted by molar-refractivity contribution is 1.07. The van der Waals surface area contributed by atoms with E-state index in [4.69, 9.17) is 25.3 Å². The molecule has 0 unspecified atom stereocenters. The van der Waals surface area contributed by atoms with Gasteiger partial charge in [0.15, 0.2) is 11.6 Å². The van der Waals surface area contributed by atoms with Crippen molar-refractivity contribution >= 4 is 22.4 Å². The highest BCUT2D eigenvalue weighted by molar-refractivity contribution is 6.28. The quantitative estimate of drug-likeness (QED) is 0.337. The average Bonchev–Trinajstić information content (AvgIpc) is 2.92. The lowest BCUT2D eigenvalue weighted by Gasteiger charge is -2.08. The number of benzene rings is 4. The minimum atomic E-state index is -0.543. The van der Waals surface area contributed by atoms with Gasteiger partial charge in [0.1, 0.15) is 0 Å². The van der Waals surface area contributed by atoms with E-state index in [9.17, 15) is 0 Å². The van der Waals surface area contributed by atoms with Crippen molar-refractivity contribution in [1.29, 1.82) is 0 Å². The zero-order chi connectivity index (χ0) is 28.3. The van der Waals surface area contributed by atoms with Gasteiger partial charge in [0.05, 0.1) is 13.7 Å². The van der Waals surface area contributed by atoms with Gasteiger partial charge >= 0.3 is 0 Å². The number of hydrogen-bond acceptors (Lipinski definition) is 3. The van der Waals surface area contributed by atoms with E-state index in [1.54, 1.807) is 36.4 Å². The molecule has 1 heterocycles. The van der Waals surface area contributed by atoms with Gasteiger partial charge in [-0.25, -0.2) is 4.98 Å². The van der Waals surface area contributed by atoms with E-state index in [2.05, 4.69) is 15.0 Å². The van der Waals surface area contributed by atoms with Crippen molar-refractivity contribution in [3.8, 4) is 33.9 Å². The molecule has 0 fully saturated rings. The fraction of sp³-hybridized carbons (Fsp3) is 0. The summed E-state index contributed by atoms with van der Waals surface area (Å²) in [6.45, 7) is 0. The number of aromatic nitrogens is 3. The van der Waals surface area contributed by atoms with Crippen LogP contribution in [0.25, 0.3) is 44.7 Å². The molecular weight excluding hydrogens is 378 g/mol. The molecule has 4 aromatic carbocycles. The summed E-state index contributed by atoms with van der Waals surface area (Å²) in [6, 6.07) is 5.79. The van der Waals surface area contributed by atoms with Crippen LogP contribution in [0.4, 0.5) is 0 Å². The lowest BCUT2D eigenvalue weighted by atomic mass is 10.00. The maximum atomic E-state index is 8.28. The first kappa shape index (κ1) is 9.77. The molecule has 0 amide bonds. The zero-order valence-corrected chi connectivity index (χ0v) is 15.4. The summed E-state index contributed by atoms with van der Waals surface area (Å²) < 4.78 is 80.5. The van der Waals surface area contributed by atoms with E-state index in [0.29, 0.717) is 16.5 Å². The Balaban J connectivity index is 1.67. The fourth-order valence-electron chi connectivity index (χ4n) is 2.89. The van der Waals surface area contributed by atoms with Crippen molar-refractivity contribution in [2.45, 2.75) is 0 Å². The third kappa shape index (κ3) is 3.60. The number of rotatable bonds is 3. The van der Waals surface area contributed by atoms with Crippen LogP contribution in [0.5, 0.6) is 0 Å². The summed E-state index contributed by atoms with van der Waals surface area (Å²) in [5, 5.41) is 1.20. The van der Waals surface area contributed by atoms with Crippen molar-refractivity contribution in [3.05, 3.63) is 102 Å². The van der Waals surface area contributed by atoms with Gasteiger partial charge < -0.3 is 0 Å². The highest BCUT2D eigenvalue weighted by atomic mass is 35.5. The molecule has 0 atom stereocenters. The third-order valence-corrected chi connectivity index (χ3v) is 4.39. The van der Waals surface area contributed by atoms with Crippen molar-refractivity contribution in [2.24, 2.45) is 0 Å². The molecule has 0 bridgehead atoms. The summed E-state index contributed by atoms with van der Waals surface area (Å²) >= 11 is 6.16. The van der Waals surface area contributed by atoms with E-state index < -0.39 is 48.3 Å². The normalized spacial score (nSPS) is 15.8. The first-order valence-electron chi connectivity index (χ1n) is 13.5. The molecule has 0 N–H and O–H groups in total. The molecule has 3 nitrogen and oxygen atoms in total. The molecule has 0 radical (unpaired) electrons. The van der Waals surface area contributed by atoms with Crippen molar-refractivity contribution in [1.82, 2.24) is 15.0 Å². The van der Waals surface area contributed by atoms with E-state index in [1.165, 1.54) is 0 Å². The predicted molar refractivity (Wildman–Crippen MR) is 119 cm³/mol. The van der Waals surface area contributed by atoms with E-state index >= 15 is 0 Å². The van der Waals surface area contributed by atoms with Gasteiger partial charge in [0, 0.05) is 11.1 Å². The highest BCUT2D eigenvalue weighted by Crippen LogP contribution is 2.28. The monoisotopic (exact) mass is 403 g/mol. The largest absolute Gasteiger partial charge is 0.226 e. The Hall–Kier alpha value is -3.56. The maximum absolute atomic E-state index is 8.28. The predicted octanol–water partition coefficient (Wildman–Crippen LogP) is 6.68. The average molecular weight is 404 g/mol. The second-order valence-electron chi connectivity index (χ2n) is 6.03. The standard InChI is InChI=1S/C25H16ClN3/c26-25-28-23(19-9-5-2-6-10-19)27-24(29-25)21-14-12-18-11-13-20(15-22(18)16-21)17-7-3-1-4-8-17/h1-16H/i1D,2D,3D,4D,5D,6D,7D,8D,9D,10D. The SMILES string of the molecule is [2H]c1c([2H])c([2H])c(-c2ccc3ccc(-c4nc(Cl)nc(-c5c([2H])c([2H])c([2H])c([2H])c5[2H])n4)cc3c2)c([2H])c1[2H]. The van der Waals surface area contributed by atoms with E-state index in [1.807, 2.05) is 0 Å². The Labute approximate surface area is 187 Å². The first-order valence-corrected chi connectivity index (χ1v) is 8.88. The van der Waals surface area contributed by atoms with Crippen molar-refractivity contribution < 1.29 is 13.7 Å². The van der Waals surface area contributed by atoms with Crippen molar-refractivity contribution in [2.75, 3.05) is 0 Å². The molecule has 0 aliphatic heterocycles. The van der Waals surface area contributed by atoms with Gasteiger partial charge in [-0.05, 0) is 45.6 Å². The Morgan fingerprint density at radius 2 is 1.10 bits per heavy atom. The van der Waals surface area contributed by atoms with Gasteiger partial charge in [0.2, 0.25) is 5.28 Å². The Kier molecular flexibility index (Phi) is 2.51. The van der Waals surface area contributed by atoms with Crippen LogP contribution in [0.3, 0.4) is 0 Å². The highest BCUT2D eigenvalue weighted by Gasteiger charge is 2.10. The van der Waals surface area contributed by atoms with Crippen LogP contribution in [-0.2, 0) is 0 Å². The molecule has 5 aromatic rings. The molecule has 5 rings (SSSR count). The molecule has 0 saturated heterocycles. The molecule has 0 saturated carbocycles. The van der Waals surface area contributed by atoms with Gasteiger partial charge in [-0.1, -0.05) is 84.7 Å².